The van der Waals surface area contributed by atoms with Crippen LogP contribution in [-0.4, -0.2) is 8.42 Å². The van der Waals surface area contributed by atoms with Crippen LogP contribution in [0.3, 0.4) is 0 Å². The van der Waals surface area contributed by atoms with Gasteiger partial charge in [0.05, 0.1) is 0 Å². The third kappa shape index (κ3) is 4.15. The minimum absolute atomic E-state index is 0.136. The zero-order valence-electron chi connectivity index (χ0n) is 11.1. The number of rotatable bonds is 3. The number of nitrogens with one attached hydrogen (secondary N) is 1. The van der Waals surface area contributed by atoms with Gasteiger partial charge in [-0.1, -0.05) is 54.5 Å². The van der Waals surface area contributed by atoms with Crippen LogP contribution in [-0.2, 0) is 10.0 Å². The van der Waals surface area contributed by atoms with Crippen LogP contribution in [0.4, 0.5) is 5.69 Å². The van der Waals surface area contributed by atoms with Crippen molar-refractivity contribution < 1.29 is 8.42 Å². The van der Waals surface area contributed by atoms with Gasteiger partial charge in [-0.15, -0.1) is 0 Å². The molecule has 2 rings (SSSR count). The molecular weight excluding hydrogens is 270 g/mol. The van der Waals surface area contributed by atoms with Crippen LogP contribution < -0.4 is 4.72 Å². The normalized spacial score (nSPS) is 12.1. The van der Waals surface area contributed by atoms with E-state index in [2.05, 4.69) is 15.9 Å². The lowest BCUT2D eigenvalue weighted by atomic mass is 10.0. The fourth-order valence-corrected chi connectivity index (χ4v) is 2.51. The summed E-state index contributed by atoms with van der Waals surface area (Å²) in [6.07, 6.45) is 0. The van der Waals surface area contributed by atoms with Gasteiger partial charge in [-0.05, 0) is 24.6 Å². The summed E-state index contributed by atoms with van der Waals surface area (Å²) in [5, 5.41) is 2.32. The zero-order chi connectivity index (χ0) is 14.4. The second kappa shape index (κ2) is 6.27. The molecule has 0 aliphatic rings. The van der Waals surface area contributed by atoms with Crippen molar-refractivity contribution in [3.63, 3.8) is 0 Å². The Hall–Kier alpha value is -2.25. The molecule has 2 aromatic carbocycles. The van der Waals surface area contributed by atoms with Gasteiger partial charge in [-0.25, -0.2) is 0 Å². The van der Waals surface area contributed by atoms with E-state index in [1.165, 1.54) is 0 Å². The minimum Gasteiger partial charge on any atom is -0.273 e. The lowest BCUT2D eigenvalue weighted by Crippen LogP contribution is -2.09. The first-order valence-corrected chi connectivity index (χ1v) is 7.70. The van der Waals surface area contributed by atoms with Gasteiger partial charge >= 0.3 is 10.0 Å². The van der Waals surface area contributed by atoms with E-state index in [4.69, 9.17) is 0 Å². The van der Waals surface area contributed by atoms with Crippen molar-refractivity contribution in [3.05, 3.63) is 66.2 Å². The van der Waals surface area contributed by atoms with E-state index < -0.39 is 10.0 Å². The van der Waals surface area contributed by atoms with Crippen LogP contribution in [0, 0.1) is 11.2 Å². The maximum absolute atomic E-state index is 11.9. The second-order valence-electron chi connectivity index (χ2n) is 4.35. The van der Waals surface area contributed by atoms with Crippen molar-refractivity contribution in [2.75, 3.05) is 4.72 Å². The van der Waals surface area contributed by atoms with Gasteiger partial charge in [-0.2, -0.15) is 8.42 Å². The molecule has 0 amide bonds. The first-order chi connectivity index (χ1) is 9.57. The summed E-state index contributed by atoms with van der Waals surface area (Å²) in [6, 6.07) is 18.3. The average Bonchev–Trinajstić information content (AvgIpc) is 2.46. The minimum atomic E-state index is -3.65. The molecular formula is C16H15NO2S. The molecule has 1 atom stereocenters. The van der Waals surface area contributed by atoms with Crippen LogP contribution >= 0.6 is 0 Å². The van der Waals surface area contributed by atoms with E-state index in [0.717, 1.165) is 5.56 Å². The number of para-hydroxylation sites is 1. The Morgan fingerprint density at radius 3 is 2.10 bits per heavy atom. The van der Waals surface area contributed by atoms with E-state index in [1.807, 2.05) is 43.3 Å². The number of hydrogen-bond acceptors (Lipinski definition) is 2. The van der Waals surface area contributed by atoms with Crippen molar-refractivity contribution in [3.8, 4) is 11.2 Å². The highest BCUT2D eigenvalue weighted by atomic mass is 32.2. The quantitative estimate of drug-likeness (QED) is 0.880. The van der Waals surface area contributed by atoms with E-state index in [9.17, 15) is 8.42 Å². The van der Waals surface area contributed by atoms with Crippen LogP contribution in [0.5, 0.6) is 0 Å². The number of hydrogen-bond donors (Lipinski definition) is 1. The van der Waals surface area contributed by atoms with E-state index in [0.29, 0.717) is 5.69 Å². The molecule has 20 heavy (non-hydrogen) atoms. The van der Waals surface area contributed by atoms with Gasteiger partial charge in [0.1, 0.15) is 0 Å². The van der Waals surface area contributed by atoms with Gasteiger partial charge in [0.15, 0.2) is 0 Å². The Morgan fingerprint density at radius 2 is 1.50 bits per heavy atom. The third-order valence-corrected chi connectivity index (χ3v) is 3.63. The molecule has 2 aromatic rings. The van der Waals surface area contributed by atoms with Crippen molar-refractivity contribution in [1.82, 2.24) is 0 Å². The van der Waals surface area contributed by atoms with Gasteiger partial charge in [0, 0.05) is 16.9 Å². The summed E-state index contributed by atoms with van der Waals surface area (Å²) in [7, 11) is -3.65. The first-order valence-electron chi connectivity index (χ1n) is 6.22. The molecule has 3 nitrogen and oxygen atoms in total. The fourth-order valence-electron chi connectivity index (χ4n) is 1.68. The molecule has 0 heterocycles. The molecule has 0 bridgehead atoms. The predicted octanol–water partition coefficient (Wildman–Crippen LogP) is 3.19. The Balaban J connectivity index is 2.11. The van der Waals surface area contributed by atoms with Crippen molar-refractivity contribution in [1.29, 1.82) is 0 Å². The monoisotopic (exact) mass is 285 g/mol. The molecule has 0 saturated heterocycles. The van der Waals surface area contributed by atoms with Gasteiger partial charge in [0.2, 0.25) is 0 Å². The van der Waals surface area contributed by atoms with E-state index in [1.54, 1.807) is 24.3 Å². The summed E-state index contributed by atoms with van der Waals surface area (Å²) >= 11 is 0. The Bertz CT molecular complexity index is 713. The van der Waals surface area contributed by atoms with Crippen molar-refractivity contribution in [2.24, 2.45) is 0 Å². The lowest BCUT2D eigenvalue weighted by molar-refractivity contribution is 0.611. The molecule has 0 aliphatic heterocycles. The molecule has 0 spiro atoms. The van der Waals surface area contributed by atoms with Crippen LogP contribution in [0.15, 0.2) is 60.7 Å². The molecule has 0 aromatic heterocycles. The lowest BCUT2D eigenvalue weighted by Gasteiger charge is -2.04. The topological polar surface area (TPSA) is 46.2 Å². The van der Waals surface area contributed by atoms with E-state index in [-0.39, 0.29) is 5.92 Å². The second-order valence-corrected chi connectivity index (χ2v) is 5.77. The maximum atomic E-state index is 11.9. The molecule has 102 valence electrons. The third-order valence-electron chi connectivity index (χ3n) is 2.74. The highest BCUT2D eigenvalue weighted by molar-refractivity contribution is 7.97. The summed E-state index contributed by atoms with van der Waals surface area (Å²) in [6.45, 7) is 1.88. The summed E-state index contributed by atoms with van der Waals surface area (Å²) < 4.78 is 26.1. The van der Waals surface area contributed by atoms with Crippen LogP contribution in [0.1, 0.15) is 18.4 Å². The van der Waals surface area contributed by atoms with Gasteiger partial charge < -0.3 is 0 Å². The summed E-state index contributed by atoms with van der Waals surface area (Å²) in [5.74, 6) is 2.62. The molecule has 0 radical (unpaired) electrons. The number of benzene rings is 2. The fraction of sp³-hybridized carbons (Fsp3) is 0.125. The zero-order valence-corrected chi connectivity index (χ0v) is 11.9. The highest BCUT2D eigenvalue weighted by Crippen LogP contribution is 2.13. The van der Waals surface area contributed by atoms with Crippen molar-refractivity contribution >= 4 is 15.7 Å². The van der Waals surface area contributed by atoms with Crippen molar-refractivity contribution in [2.45, 2.75) is 12.8 Å². The molecule has 1 N–H and O–H groups in total. The number of sulfonamides is 1. The Morgan fingerprint density at radius 1 is 0.950 bits per heavy atom. The standard InChI is InChI=1S/C16H15NO2S/c1-14(15-8-4-2-5-9-15)12-13-20(18,19)17-16-10-6-3-7-11-16/h2-11,14,17H,1H3. The Labute approximate surface area is 119 Å². The largest absolute Gasteiger partial charge is 0.301 e. The predicted molar refractivity (Wildman–Crippen MR) is 81.6 cm³/mol. The molecule has 0 saturated carbocycles. The summed E-state index contributed by atoms with van der Waals surface area (Å²) in [4.78, 5) is 0. The smallest absolute Gasteiger partial charge is 0.273 e. The molecule has 0 aliphatic carbocycles. The first kappa shape index (κ1) is 14.2. The van der Waals surface area contributed by atoms with Gasteiger partial charge in [0.25, 0.3) is 0 Å². The Kier molecular flexibility index (Phi) is 4.44. The summed E-state index contributed by atoms with van der Waals surface area (Å²) in [5.41, 5.74) is 1.50. The van der Waals surface area contributed by atoms with Crippen LogP contribution in [0.25, 0.3) is 0 Å². The SMILES string of the molecule is CC(C#CS(=O)(=O)Nc1ccccc1)c1ccccc1. The number of anilines is 1. The average molecular weight is 285 g/mol. The van der Waals surface area contributed by atoms with E-state index >= 15 is 0 Å². The molecule has 0 fully saturated rings. The van der Waals surface area contributed by atoms with Crippen LogP contribution in [0.2, 0.25) is 0 Å². The van der Waals surface area contributed by atoms with Gasteiger partial charge in [-0.3, -0.25) is 4.72 Å². The highest BCUT2D eigenvalue weighted by Gasteiger charge is 2.06. The molecule has 1 unspecified atom stereocenters. The maximum Gasteiger partial charge on any atom is 0.301 e. The molecule has 4 heteroatoms.